The van der Waals surface area contributed by atoms with E-state index in [0.29, 0.717) is 22.8 Å². The van der Waals surface area contributed by atoms with E-state index < -0.39 is 0 Å². The van der Waals surface area contributed by atoms with Crippen molar-refractivity contribution in [2.45, 2.75) is 0 Å². The predicted octanol–water partition coefficient (Wildman–Crippen LogP) is 15.1. The molecule has 0 radical (unpaired) electrons. The zero-order valence-electron chi connectivity index (χ0n) is 34.2. The first-order valence-corrected chi connectivity index (χ1v) is 21.1. The SMILES string of the molecule is N#Cc1c(-c2ccccc2)nc(-c2cc(-c3ccccc3)cc(-c3ccccc3)c2-n2c3ccc(-c4ccccc4)cc3c3cc(-c4ccccc4)ccc32)nc1-c1ccccc1. The minimum Gasteiger partial charge on any atom is -0.308 e. The van der Waals surface area contributed by atoms with Crippen LogP contribution in [0, 0.1) is 11.3 Å². The Morgan fingerprint density at radius 2 is 0.698 bits per heavy atom. The van der Waals surface area contributed by atoms with Gasteiger partial charge in [0.2, 0.25) is 0 Å². The molecule has 0 fully saturated rings. The van der Waals surface area contributed by atoms with Crippen LogP contribution in [0.2, 0.25) is 0 Å². The van der Waals surface area contributed by atoms with Gasteiger partial charge < -0.3 is 4.57 Å². The van der Waals surface area contributed by atoms with Crippen LogP contribution in [-0.2, 0) is 0 Å². The third-order valence-corrected chi connectivity index (χ3v) is 11.9. The van der Waals surface area contributed by atoms with Gasteiger partial charge in [-0.15, -0.1) is 0 Å². The van der Waals surface area contributed by atoms with E-state index in [1.165, 1.54) is 0 Å². The first-order valence-electron chi connectivity index (χ1n) is 21.1. The van der Waals surface area contributed by atoms with Gasteiger partial charge in [-0.2, -0.15) is 5.26 Å². The Kier molecular flexibility index (Phi) is 9.54. The van der Waals surface area contributed by atoms with Crippen molar-refractivity contribution in [1.82, 2.24) is 14.5 Å². The lowest BCUT2D eigenvalue weighted by molar-refractivity contribution is 1.13. The van der Waals surface area contributed by atoms with Gasteiger partial charge in [0.05, 0.1) is 28.1 Å². The molecule has 11 aromatic rings. The number of hydrogen-bond acceptors (Lipinski definition) is 3. The molecule has 63 heavy (non-hydrogen) atoms. The second kappa shape index (κ2) is 16.1. The molecular weight excluding hydrogens is 765 g/mol. The van der Waals surface area contributed by atoms with Crippen molar-refractivity contribution < 1.29 is 0 Å². The Bertz CT molecular complexity index is 3310. The van der Waals surface area contributed by atoms with E-state index in [4.69, 9.17) is 9.97 Å². The molecule has 4 nitrogen and oxygen atoms in total. The lowest BCUT2D eigenvalue weighted by Crippen LogP contribution is -2.06. The van der Waals surface area contributed by atoms with Crippen molar-refractivity contribution in [3.8, 4) is 90.2 Å². The molecule has 0 unspecified atom stereocenters. The molecule has 11 rings (SSSR count). The van der Waals surface area contributed by atoms with E-state index in [9.17, 15) is 5.26 Å². The van der Waals surface area contributed by atoms with E-state index in [0.717, 1.165) is 88.7 Å². The number of benzene rings is 9. The Morgan fingerprint density at radius 3 is 1.11 bits per heavy atom. The van der Waals surface area contributed by atoms with E-state index in [-0.39, 0.29) is 0 Å². The number of nitrogens with zero attached hydrogens (tertiary/aromatic N) is 4. The minimum atomic E-state index is 0.430. The topological polar surface area (TPSA) is 54.5 Å². The standard InChI is InChI=1S/C59H38N4/c60-39-53-56(44-27-15-5-16-28-44)61-59(62-57(53)45-29-17-6-18-30-45)52-38-48(42-23-11-3-12-24-42)37-49(43-25-13-4-14-26-43)58(52)63-54-33-31-46(40-19-7-1-8-20-40)35-50(54)51-36-47(32-34-55(51)63)41-21-9-2-10-22-41/h1-38H. The summed E-state index contributed by atoms with van der Waals surface area (Å²) in [6, 6.07) is 82.9. The summed E-state index contributed by atoms with van der Waals surface area (Å²) >= 11 is 0. The second-order valence-electron chi connectivity index (χ2n) is 15.6. The fraction of sp³-hybridized carbons (Fsp3) is 0. The Balaban J connectivity index is 1.30. The van der Waals surface area contributed by atoms with Crippen LogP contribution in [-0.4, -0.2) is 14.5 Å². The van der Waals surface area contributed by atoms with Gasteiger partial charge >= 0.3 is 0 Å². The first-order chi connectivity index (χ1) is 31.2. The molecule has 0 bridgehead atoms. The Labute approximate surface area is 366 Å². The van der Waals surface area contributed by atoms with Crippen molar-refractivity contribution in [3.05, 3.63) is 236 Å². The van der Waals surface area contributed by atoms with Crippen LogP contribution in [0.5, 0.6) is 0 Å². The lowest BCUT2D eigenvalue weighted by atomic mass is 9.92. The molecule has 2 heterocycles. The highest BCUT2D eigenvalue weighted by atomic mass is 15.0. The molecule has 0 amide bonds. The Hall–Kier alpha value is -8.65. The summed E-state index contributed by atoms with van der Waals surface area (Å²) in [6.45, 7) is 0. The van der Waals surface area contributed by atoms with Gasteiger partial charge in [0.25, 0.3) is 0 Å². The molecule has 0 aliphatic heterocycles. The van der Waals surface area contributed by atoms with Gasteiger partial charge in [0.15, 0.2) is 5.82 Å². The quantitative estimate of drug-likeness (QED) is 0.154. The maximum atomic E-state index is 10.9. The summed E-state index contributed by atoms with van der Waals surface area (Å²) in [7, 11) is 0. The van der Waals surface area contributed by atoms with Crippen molar-refractivity contribution >= 4 is 21.8 Å². The van der Waals surface area contributed by atoms with E-state index >= 15 is 0 Å². The number of nitriles is 1. The Morgan fingerprint density at radius 1 is 0.333 bits per heavy atom. The summed E-state index contributed by atoms with van der Waals surface area (Å²) < 4.78 is 2.41. The largest absolute Gasteiger partial charge is 0.308 e. The van der Waals surface area contributed by atoms with Crippen LogP contribution in [0.25, 0.3) is 106 Å². The third kappa shape index (κ3) is 6.85. The van der Waals surface area contributed by atoms with Crippen LogP contribution in [0.1, 0.15) is 5.56 Å². The van der Waals surface area contributed by atoms with Crippen molar-refractivity contribution in [3.63, 3.8) is 0 Å². The molecule has 0 saturated carbocycles. The zero-order valence-corrected chi connectivity index (χ0v) is 34.2. The minimum absolute atomic E-state index is 0.430. The molecule has 0 saturated heterocycles. The average Bonchev–Trinajstić information content (AvgIpc) is 3.69. The van der Waals surface area contributed by atoms with Crippen molar-refractivity contribution in [2.75, 3.05) is 0 Å². The van der Waals surface area contributed by atoms with Gasteiger partial charge in [0, 0.05) is 33.0 Å². The number of fused-ring (bicyclic) bond motifs is 3. The molecule has 4 heteroatoms. The molecule has 2 aromatic heterocycles. The van der Waals surface area contributed by atoms with E-state index in [1.54, 1.807) is 0 Å². The fourth-order valence-electron chi connectivity index (χ4n) is 8.86. The average molecular weight is 803 g/mol. The number of hydrogen-bond donors (Lipinski definition) is 0. The summed E-state index contributed by atoms with van der Waals surface area (Å²) in [4.78, 5) is 10.9. The van der Waals surface area contributed by atoms with Crippen molar-refractivity contribution in [2.24, 2.45) is 0 Å². The summed E-state index contributed by atoms with van der Waals surface area (Å²) in [5, 5.41) is 13.2. The number of aromatic nitrogens is 3. The maximum Gasteiger partial charge on any atom is 0.162 e. The van der Waals surface area contributed by atoms with E-state index in [1.807, 2.05) is 66.7 Å². The van der Waals surface area contributed by atoms with Gasteiger partial charge in [-0.1, -0.05) is 194 Å². The molecule has 294 valence electrons. The number of rotatable bonds is 8. The van der Waals surface area contributed by atoms with Crippen LogP contribution in [0.15, 0.2) is 231 Å². The second-order valence-corrected chi connectivity index (χ2v) is 15.6. The van der Waals surface area contributed by atoms with Crippen LogP contribution >= 0.6 is 0 Å². The molecule has 0 spiro atoms. The molecular formula is C59H38N4. The predicted molar refractivity (Wildman–Crippen MR) is 259 cm³/mol. The monoisotopic (exact) mass is 802 g/mol. The summed E-state index contributed by atoms with van der Waals surface area (Å²) in [5.41, 5.74) is 16.0. The normalized spacial score (nSPS) is 11.2. The van der Waals surface area contributed by atoms with Crippen LogP contribution < -0.4 is 0 Å². The molecule has 9 aromatic carbocycles. The molecule has 0 atom stereocenters. The van der Waals surface area contributed by atoms with Gasteiger partial charge in [-0.05, 0) is 75.3 Å². The highest BCUT2D eigenvalue weighted by Crippen LogP contribution is 2.45. The lowest BCUT2D eigenvalue weighted by Gasteiger charge is -2.21. The highest BCUT2D eigenvalue weighted by Gasteiger charge is 2.26. The summed E-state index contributed by atoms with van der Waals surface area (Å²) in [5.74, 6) is 0.522. The summed E-state index contributed by atoms with van der Waals surface area (Å²) in [6.07, 6.45) is 0. The first kappa shape index (κ1) is 37.4. The smallest absolute Gasteiger partial charge is 0.162 e. The fourth-order valence-corrected chi connectivity index (χ4v) is 8.86. The molecule has 0 N–H and O–H groups in total. The maximum absolute atomic E-state index is 10.9. The zero-order chi connectivity index (χ0) is 42.1. The van der Waals surface area contributed by atoms with Crippen molar-refractivity contribution in [1.29, 1.82) is 5.26 Å². The highest BCUT2D eigenvalue weighted by molar-refractivity contribution is 6.13. The van der Waals surface area contributed by atoms with Gasteiger partial charge in [0.1, 0.15) is 11.6 Å². The van der Waals surface area contributed by atoms with E-state index in [2.05, 4.69) is 174 Å². The third-order valence-electron chi connectivity index (χ3n) is 11.9. The van der Waals surface area contributed by atoms with Gasteiger partial charge in [-0.25, -0.2) is 9.97 Å². The molecule has 0 aliphatic carbocycles. The van der Waals surface area contributed by atoms with Gasteiger partial charge in [-0.3, -0.25) is 0 Å². The molecule has 0 aliphatic rings. The van der Waals surface area contributed by atoms with Crippen LogP contribution in [0.4, 0.5) is 0 Å². The van der Waals surface area contributed by atoms with Crippen LogP contribution in [0.3, 0.4) is 0 Å².